The van der Waals surface area contributed by atoms with Gasteiger partial charge in [0.15, 0.2) is 5.11 Å². The van der Waals surface area contributed by atoms with E-state index in [-0.39, 0.29) is 18.6 Å². The molecule has 3 atom stereocenters. The molecule has 2 aromatic rings. The van der Waals surface area contributed by atoms with E-state index < -0.39 is 11.6 Å². The Bertz CT molecular complexity index is 1000. The number of ether oxygens (including phenoxy) is 3. The van der Waals surface area contributed by atoms with Crippen molar-refractivity contribution in [1.29, 1.82) is 0 Å². The monoisotopic (exact) mass is 426 g/mol. The summed E-state index contributed by atoms with van der Waals surface area (Å²) in [4.78, 5) is 15.1. The Kier molecular flexibility index (Phi) is 5.10. The number of hydrogen-bond acceptors (Lipinski definition) is 5. The molecule has 3 unspecified atom stereocenters. The summed E-state index contributed by atoms with van der Waals surface area (Å²) in [5.74, 6) is 0.413. The number of fused-ring (bicyclic) bond motifs is 4. The Labute approximate surface area is 182 Å². The highest BCUT2D eigenvalue weighted by molar-refractivity contribution is 7.80. The number of nitrogens with one attached hydrogen (secondary N) is 1. The van der Waals surface area contributed by atoms with E-state index in [1.54, 1.807) is 14.0 Å². The van der Waals surface area contributed by atoms with Crippen molar-refractivity contribution in [3.8, 4) is 11.5 Å². The number of esters is 1. The predicted octanol–water partition coefficient (Wildman–Crippen LogP) is 4.04. The zero-order valence-electron chi connectivity index (χ0n) is 17.8. The lowest BCUT2D eigenvalue weighted by Crippen LogP contribution is -2.72. The third-order valence-electron chi connectivity index (χ3n) is 5.91. The van der Waals surface area contributed by atoms with E-state index in [4.69, 9.17) is 26.4 Å². The fourth-order valence-corrected chi connectivity index (χ4v) is 4.98. The number of hydrogen-bond donors (Lipinski definition) is 1. The molecule has 30 heavy (non-hydrogen) atoms. The molecule has 2 bridgehead atoms. The van der Waals surface area contributed by atoms with E-state index in [9.17, 15) is 4.79 Å². The molecule has 6 nitrogen and oxygen atoms in total. The van der Waals surface area contributed by atoms with Gasteiger partial charge in [-0.2, -0.15) is 0 Å². The summed E-state index contributed by atoms with van der Waals surface area (Å²) in [7, 11) is 1.61. The van der Waals surface area contributed by atoms with Gasteiger partial charge < -0.3 is 19.5 Å². The van der Waals surface area contributed by atoms with Crippen LogP contribution in [-0.2, 0) is 9.53 Å². The summed E-state index contributed by atoms with van der Waals surface area (Å²) >= 11 is 5.80. The van der Waals surface area contributed by atoms with Crippen LogP contribution in [0.3, 0.4) is 0 Å². The first-order valence-corrected chi connectivity index (χ1v) is 10.4. The van der Waals surface area contributed by atoms with Crippen LogP contribution >= 0.6 is 12.2 Å². The Hall–Kier alpha value is -2.80. The zero-order chi connectivity index (χ0) is 21.6. The summed E-state index contributed by atoms with van der Waals surface area (Å²) in [6.07, 6.45) is 0. The molecule has 1 fully saturated rings. The standard InChI is InChI=1S/C23H26N2O4S/c1-6-28-21(26)18-19-16-12-15(27-5)10-11-17(16)29-23(18,4)25(22(30)24-19)20-13(2)8-7-9-14(20)3/h7-12,18-19H,6H2,1-5H3,(H,24,30). The summed E-state index contributed by atoms with van der Waals surface area (Å²) in [6.45, 7) is 8.06. The number of carbonyl (C=O) groups excluding carboxylic acids is 1. The van der Waals surface area contributed by atoms with E-state index >= 15 is 0 Å². The molecule has 2 aliphatic rings. The van der Waals surface area contributed by atoms with Crippen molar-refractivity contribution in [2.75, 3.05) is 18.6 Å². The van der Waals surface area contributed by atoms with Gasteiger partial charge >= 0.3 is 5.97 Å². The third-order valence-corrected chi connectivity index (χ3v) is 6.21. The van der Waals surface area contributed by atoms with Crippen molar-refractivity contribution >= 4 is 29.0 Å². The second-order valence-corrected chi connectivity index (χ2v) is 8.18. The van der Waals surface area contributed by atoms with Gasteiger partial charge in [0, 0.05) is 5.56 Å². The lowest BCUT2D eigenvalue weighted by molar-refractivity contribution is -0.159. The van der Waals surface area contributed by atoms with Crippen LogP contribution < -0.4 is 19.7 Å². The molecule has 4 rings (SSSR count). The number of nitrogens with zero attached hydrogens (tertiary/aromatic N) is 1. The molecule has 1 saturated heterocycles. The number of rotatable bonds is 4. The Morgan fingerprint density at radius 2 is 1.97 bits per heavy atom. The maximum absolute atomic E-state index is 13.2. The topological polar surface area (TPSA) is 60.0 Å². The van der Waals surface area contributed by atoms with E-state index in [0.717, 1.165) is 22.4 Å². The van der Waals surface area contributed by atoms with E-state index in [2.05, 4.69) is 5.32 Å². The minimum atomic E-state index is -1.06. The highest BCUT2D eigenvalue weighted by Gasteiger charge is 2.60. The normalized spacial score (nSPS) is 24.4. The minimum absolute atomic E-state index is 0.289. The third kappa shape index (κ3) is 2.99. The van der Waals surface area contributed by atoms with Crippen LogP contribution in [0.4, 0.5) is 5.69 Å². The van der Waals surface area contributed by atoms with Crippen LogP contribution in [0.15, 0.2) is 36.4 Å². The highest BCUT2D eigenvalue weighted by atomic mass is 32.1. The van der Waals surface area contributed by atoms with Crippen molar-refractivity contribution in [1.82, 2.24) is 5.32 Å². The quantitative estimate of drug-likeness (QED) is 0.585. The van der Waals surface area contributed by atoms with Crippen LogP contribution in [0.5, 0.6) is 11.5 Å². The van der Waals surface area contributed by atoms with Crippen LogP contribution in [0.2, 0.25) is 0 Å². The number of benzene rings is 2. The molecule has 0 aliphatic carbocycles. The Morgan fingerprint density at radius 1 is 1.27 bits per heavy atom. The molecular formula is C23H26N2O4S. The molecule has 158 valence electrons. The first kappa shape index (κ1) is 20.5. The summed E-state index contributed by atoms with van der Waals surface area (Å²) < 4.78 is 17.4. The summed E-state index contributed by atoms with van der Waals surface area (Å²) in [5, 5.41) is 3.90. The average molecular weight is 427 g/mol. The lowest BCUT2D eigenvalue weighted by atomic mass is 9.79. The predicted molar refractivity (Wildman–Crippen MR) is 119 cm³/mol. The van der Waals surface area contributed by atoms with Crippen LogP contribution in [0.25, 0.3) is 0 Å². The second kappa shape index (κ2) is 7.47. The Morgan fingerprint density at radius 3 is 2.60 bits per heavy atom. The van der Waals surface area contributed by atoms with E-state index in [1.807, 2.05) is 62.1 Å². The summed E-state index contributed by atoms with van der Waals surface area (Å²) in [5.41, 5.74) is 2.80. The molecule has 2 heterocycles. The number of aryl methyl sites for hydroxylation is 2. The largest absolute Gasteiger partial charge is 0.497 e. The van der Waals surface area contributed by atoms with Gasteiger partial charge in [0.2, 0.25) is 5.72 Å². The first-order chi connectivity index (χ1) is 14.3. The number of methoxy groups -OCH3 is 1. The second-order valence-electron chi connectivity index (χ2n) is 7.79. The van der Waals surface area contributed by atoms with Crippen molar-refractivity contribution in [3.63, 3.8) is 0 Å². The Balaban J connectivity index is 1.93. The molecule has 2 aliphatic heterocycles. The number of carbonyl (C=O) groups is 1. The number of thiocarbonyl (C=S) groups is 1. The molecule has 0 spiro atoms. The molecule has 0 aromatic heterocycles. The molecule has 0 radical (unpaired) electrons. The van der Waals surface area contributed by atoms with Crippen LogP contribution in [-0.4, -0.2) is 30.5 Å². The molecular weight excluding hydrogens is 400 g/mol. The maximum Gasteiger partial charge on any atom is 0.317 e. The lowest BCUT2D eigenvalue weighted by Gasteiger charge is -2.56. The SMILES string of the molecule is CCOC(=O)C1C2NC(=S)N(c3c(C)cccc3C)C1(C)Oc1ccc(OC)cc12. The average Bonchev–Trinajstić information content (AvgIpc) is 2.69. The van der Waals surface area contributed by atoms with Gasteiger partial charge in [-0.3, -0.25) is 9.69 Å². The van der Waals surface area contributed by atoms with Crippen LogP contribution in [0.1, 0.15) is 36.6 Å². The highest BCUT2D eigenvalue weighted by Crippen LogP contribution is 2.51. The molecule has 2 aromatic carbocycles. The van der Waals surface area contributed by atoms with Gasteiger partial charge in [-0.15, -0.1) is 0 Å². The molecule has 0 saturated carbocycles. The van der Waals surface area contributed by atoms with E-state index in [0.29, 0.717) is 16.6 Å². The smallest absolute Gasteiger partial charge is 0.317 e. The van der Waals surface area contributed by atoms with Gasteiger partial charge in [0.25, 0.3) is 0 Å². The fourth-order valence-electron chi connectivity index (χ4n) is 4.58. The van der Waals surface area contributed by atoms with Crippen molar-refractivity contribution < 1.29 is 19.0 Å². The van der Waals surface area contributed by atoms with Gasteiger partial charge in [-0.25, -0.2) is 0 Å². The first-order valence-electron chi connectivity index (χ1n) is 10.0. The van der Waals surface area contributed by atoms with Gasteiger partial charge in [-0.05, 0) is 69.2 Å². The number of anilines is 1. The van der Waals surface area contributed by atoms with E-state index in [1.165, 1.54) is 0 Å². The molecule has 0 amide bonds. The van der Waals surface area contributed by atoms with Gasteiger partial charge in [0.05, 0.1) is 25.4 Å². The molecule has 7 heteroatoms. The zero-order valence-corrected chi connectivity index (χ0v) is 18.6. The van der Waals surface area contributed by atoms with Gasteiger partial charge in [-0.1, -0.05) is 18.2 Å². The number of para-hydroxylation sites is 1. The maximum atomic E-state index is 13.2. The fraction of sp³-hybridized carbons (Fsp3) is 0.391. The van der Waals surface area contributed by atoms with Crippen LogP contribution in [0, 0.1) is 19.8 Å². The molecule has 1 N–H and O–H groups in total. The summed E-state index contributed by atoms with van der Waals surface area (Å²) in [6, 6.07) is 11.3. The van der Waals surface area contributed by atoms with Crippen molar-refractivity contribution in [2.24, 2.45) is 5.92 Å². The van der Waals surface area contributed by atoms with Gasteiger partial charge in [0.1, 0.15) is 17.4 Å². The van der Waals surface area contributed by atoms with Crippen molar-refractivity contribution in [2.45, 2.75) is 39.5 Å². The minimum Gasteiger partial charge on any atom is -0.497 e. The van der Waals surface area contributed by atoms with Crippen molar-refractivity contribution in [3.05, 3.63) is 53.1 Å².